The normalized spacial score (nSPS) is 10.4. The molecule has 1 N–H and O–H groups in total. The summed E-state index contributed by atoms with van der Waals surface area (Å²) in [5.74, 6) is -1.53. The molecule has 0 spiro atoms. The lowest BCUT2D eigenvalue weighted by atomic mass is 10.2. The molecule has 0 aliphatic carbocycles. The molecule has 0 aromatic heterocycles. The standard InChI is InChI=1S/C10H13F2N/c1-2-6-13-7-8-4-3-5-9(11)10(8)12/h3-5,13H,2,6-7H2,1H3. The van der Waals surface area contributed by atoms with Crippen LogP contribution in [0.15, 0.2) is 18.2 Å². The molecule has 0 aliphatic heterocycles. The van der Waals surface area contributed by atoms with Crippen LogP contribution in [-0.4, -0.2) is 6.54 Å². The van der Waals surface area contributed by atoms with E-state index in [4.69, 9.17) is 0 Å². The minimum atomic E-state index is -0.782. The first-order valence-corrected chi connectivity index (χ1v) is 4.39. The molecule has 0 bridgehead atoms. The van der Waals surface area contributed by atoms with Crippen LogP contribution in [0.5, 0.6) is 0 Å². The number of halogens is 2. The molecule has 1 aromatic carbocycles. The molecule has 0 amide bonds. The summed E-state index contributed by atoms with van der Waals surface area (Å²) in [6.45, 7) is 3.22. The molecule has 1 aromatic rings. The second-order valence-electron chi connectivity index (χ2n) is 2.89. The summed E-state index contributed by atoms with van der Waals surface area (Å²) < 4.78 is 25.7. The predicted molar refractivity (Wildman–Crippen MR) is 48.4 cm³/mol. The Labute approximate surface area is 76.8 Å². The highest BCUT2D eigenvalue weighted by Gasteiger charge is 2.05. The van der Waals surface area contributed by atoms with E-state index in [1.165, 1.54) is 6.07 Å². The van der Waals surface area contributed by atoms with E-state index in [9.17, 15) is 8.78 Å². The van der Waals surface area contributed by atoms with Gasteiger partial charge in [0.05, 0.1) is 0 Å². The first-order chi connectivity index (χ1) is 6.25. The Morgan fingerprint density at radius 1 is 1.31 bits per heavy atom. The zero-order chi connectivity index (χ0) is 9.68. The van der Waals surface area contributed by atoms with Gasteiger partial charge < -0.3 is 5.32 Å². The molecule has 0 saturated carbocycles. The van der Waals surface area contributed by atoms with Crippen LogP contribution in [0.2, 0.25) is 0 Å². The van der Waals surface area contributed by atoms with Crippen LogP contribution in [0.4, 0.5) is 8.78 Å². The molecular weight excluding hydrogens is 172 g/mol. The molecule has 0 saturated heterocycles. The second kappa shape index (κ2) is 4.92. The number of nitrogens with one attached hydrogen (secondary N) is 1. The highest BCUT2D eigenvalue weighted by atomic mass is 19.2. The Morgan fingerprint density at radius 2 is 2.08 bits per heavy atom. The van der Waals surface area contributed by atoms with Gasteiger partial charge in [-0.25, -0.2) is 8.78 Å². The van der Waals surface area contributed by atoms with Gasteiger partial charge in [0.1, 0.15) is 0 Å². The molecule has 0 unspecified atom stereocenters. The van der Waals surface area contributed by atoms with Gasteiger partial charge in [-0.3, -0.25) is 0 Å². The Balaban J connectivity index is 2.61. The number of rotatable bonds is 4. The van der Waals surface area contributed by atoms with Crippen molar-refractivity contribution in [2.45, 2.75) is 19.9 Å². The van der Waals surface area contributed by atoms with Crippen molar-refractivity contribution in [3.05, 3.63) is 35.4 Å². The summed E-state index contributed by atoms with van der Waals surface area (Å²) in [5.41, 5.74) is 0.383. The van der Waals surface area contributed by atoms with Gasteiger partial charge in [0.15, 0.2) is 11.6 Å². The molecule has 0 aliphatic rings. The SMILES string of the molecule is CCCNCc1cccc(F)c1F. The molecule has 1 rings (SSSR count). The van der Waals surface area contributed by atoms with Crippen molar-refractivity contribution >= 4 is 0 Å². The molecule has 72 valence electrons. The topological polar surface area (TPSA) is 12.0 Å². The van der Waals surface area contributed by atoms with Crippen LogP contribution in [0.3, 0.4) is 0 Å². The van der Waals surface area contributed by atoms with E-state index >= 15 is 0 Å². The molecule has 1 nitrogen and oxygen atoms in total. The van der Waals surface area contributed by atoms with Gasteiger partial charge in [0.2, 0.25) is 0 Å². The summed E-state index contributed by atoms with van der Waals surface area (Å²) in [7, 11) is 0. The van der Waals surface area contributed by atoms with Gasteiger partial charge in [0.25, 0.3) is 0 Å². The van der Waals surface area contributed by atoms with Crippen molar-refractivity contribution in [2.24, 2.45) is 0 Å². The largest absolute Gasteiger partial charge is 0.313 e. The molecular formula is C10H13F2N. The quantitative estimate of drug-likeness (QED) is 0.710. The van der Waals surface area contributed by atoms with Crippen LogP contribution < -0.4 is 5.32 Å². The Hall–Kier alpha value is -0.960. The number of hydrogen-bond donors (Lipinski definition) is 1. The van der Waals surface area contributed by atoms with Gasteiger partial charge in [-0.2, -0.15) is 0 Å². The van der Waals surface area contributed by atoms with Crippen LogP contribution >= 0.6 is 0 Å². The zero-order valence-electron chi connectivity index (χ0n) is 7.61. The van der Waals surface area contributed by atoms with E-state index < -0.39 is 11.6 Å². The average molecular weight is 185 g/mol. The fraction of sp³-hybridized carbons (Fsp3) is 0.400. The van der Waals surface area contributed by atoms with Gasteiger partial charge in [0, 0.05) is 12.1 Å². The second-order valence-corrected chi connectivity index (χ2v) is 2.89. The van der Waals surface area contributed by atoms with Crippen LogP contribution in [0.25, 0.3) is 0 Å². The van der Waals surface area contributed by atoms with E-state index in [-0.39, 0.29) is 0 Å². The van der Waals surface area contributed by atoms with Gasteiger partial charge in [-0.1, -0.05) is 19.1 Å². The van der Waals surface area contributed by atoms with Gasteiger partial charge >= 0.3 is 0 Å². The summed E-state index contributed by atoms with van der Waals surface area (Å²) >= 11 is 0. The number of benzene rings is 1. The van der Waals surface area contributed by atoms with Crippen molar-refractivity contribution in [3.63, 3.8) is 0 Å². The van der Waals surface area contributed by atoms with E-state index in [1.807, 2.05) is 6.92 Å². The highest BCUT2D eigenvalue weighted by Crippen LogP contribution is 2.10. The van der Waals surface area contributed by atoms with Crippen LogP contribution in [-0.2, 0) is 6.54 Å². The average Bonchev–Trinajstić information content (AvgIpc) is 2.13. The Bertz CT molecular complexity index is 274. The third-order valence-corrected chi connectivity index (χ3v) is 1.77. The molecule has 0 radical (unpaired) electrons. The fourth-order valence-corrected chi connectivity index (χ4v) is 1.08. The van der Waals surface area contributed by atoms with Gasteiger partial charge in [-0.15, -0.1) is 0 Å². The lowest BCUT2D eigenvalue weighted by Crippen LogP contribution is -2.15. The highest BCUT2D eigenvalue weighted by molar-refractivity contribution is 5.18. The zero-order valence-corrected chi connectivity index (χ0v) is 7.61. The van der Waals surface area contributed by atoms with Crippen molar-refractivity contribution in [3.8, 4) is 0 Å². The maximum Gasteiger partial charge on any atom is 0.163 e. The maximum atomic E-state index is 13.0. The maximum absolute atomic E-state index is 13.0. The van der Waals surface area contributed by atoms with Crippen molar-refractivity contribution < 1.29 is 8.78 Å². The Morgan fingerprint density at radius 3 is 2.77 bits per heavy atom. The third-order valence-electron chi connectivity index (χ3n) is 1.77. The monoisotopic (exact) mass is 185 g/mol. The summed E-state index contributed by atoms with van der Waals surface area (Å²) in [5, 5.41) is 3.01. The lowest BCUT2D eigenvalue weighted by molar-refractivity contribution is 0.493. The minimum absolute atomic E-state index is 0.383. The van der Waals surface area contributed by atoms with Crippen molar-refractivity contribution in [2.75, 3.05) is 6.54 Å². The third kappa shape index (κ3) is 2.77. The van der Waals surface area contributed by atoms with E-state index in [2.05, 4.69) is 5.32 Å². The summed E-state index contributed by atoms with van der Waals surface area (Å²) in [6.07, 6.45) is 0.983. The number of hydrogen-bond acceptors (Lipinski definition) is 1. The minimum Gasteiger partial charge on any atom is -0.313 e. The molecule has 0 atom stereocenters. The van der Waals surface area contributed by atoms with E-state index in [0.717, 1.165) is 19.0 Å². The molecule has 0 fully saturated rings. The lowest BCUT2D eigenvalue weighted by Gasteiger charge is -2.04. The molecule has 0 heterocycles. The van der Waals surface area contributed by atoms with Crippen LogP contribution in [0, 0.1) is 11.6 Å². The molecule has 13 heavy (non-hydrogen) atoms. The Kier molecular flexibility index (Phi) is 3.83. The first-order valence-electron chi connectivity index (χ1n) is 4.39. The van der Waals surface area contributed by atoms with Crippen LogP contribution in [0.1, 0.15) is 18.9 Å². The van der Waals surface area contributed by atoms with E-state index in [1.54, 1.807) is 6.07 Å². The van der Waals surface area contributed by atoms with Crippen molar-refractivity contribution in [1.82, 2.24) is 5.32 Å². The smallest absolute Gasteiger partial charge is 0.163 e. The van der Waals surface area contributed by atoms with Gasteiger partial charge in [-0.05, 0) is 19.0 Å². The molecule has 3 heteroatoms. The first kappa shape index (κ1) is 10.1. The predicted octanol–water partition coefficient (Wildman–Crippen LogP) is 2.46. The van der Waals surface area contributed by atoms with E-state index in [0.29, 0.717) is 12.1 Å². The van der Waals surface area contributed by atoms with Crippen molar-refractivity contribution in [1.29, 1.82) is 0 Å². The summed E-state index contributed by atoms with van der Waals surface area (Å²) in [6, 6.07) is 4.22. The fourth-order valence-electron chi connectivity index (χ4n) is 1.08. The summed E-state index contributed by atoms with van der Waals surface area (Å²) in [4.78, 5) is 0.